The van der Waals surface area contributed by atoms with Crippen LogP contribution in [-0.4, -0.2) is 45.8 Å². The molecule has 31 heavy (non-hydrogen) atoms. The Morgan fingerprint density at radius 1 is 1.19 bits per heavy atom. The number of hydrogen-bond acceptors (Lipinski definition) is 5. The molecule has 0 bridgehead atoms. The van der Waals surface area contributed by atoms with E-state index in [4.69, 9.17) is 4.74 Å². The zero-order valence-electron chi connectivity index (χ0n) is 17.3. The van der Waals surface area contributed by atoms with Gasteiger partial charge >= 0.3 is 6.18 Å². The van der Waals surface area contributed by atoms with E-state index in [1.54, 1.807) is 13.0 Å². The largest absolute Gasteiger partial charge is 0.496 e. The van der Waals surface area contributed by atoms with Crippen molar-refractivity contribution in [2.24, 2.45) is 5.92 Å². The maximum absolute atomic E-state index is 13.0. The van der Waals surface area contributed by atoms with Crippen molar-refractivity contribution in [3.05, 3.63) is 41.1 Å². The van der Waals surface area contributed by atoms with Crippen molar-refractivity contribution in [2.45, 2.75) is 50.9 Å². The fraction of sp³-hybridized carbons (Fsp3) is 0.500. The molecule has 0 radical (unpaired) electrons. The molecule has 1 aromatic heterocycles. The monoisotopic (exact) mass is 435 g/mol. The molecule has 1 aromatic carbocycles. The van der Waals surface area contributed by atoms with E-state index < -0.39 is 17.8 Å². The summed E-state index contributed by atoms with van der Waals surface area (Å²) in [7, 11) is 1.30. The van der Waals surface area contributed by atoms with Crippen LogP contribution < -0.4 is 4.74 Å². The molecule has 2 fully saturated rings. The second kappa shape index (κ2) is 8.11. The second-order valence-electron chi connectivity index (χ2n) is 8.23. The third kappa shape index (κ3) is 4.11. The number of piperidine rings is 1. The number of ether oxygens (including phenoxy) is 1. The highest BCUT2D eigenvalue weighted by Crippen LogP contribution is 2.39. The molecule has 1 N–H and O–H groups in total. The Morgan fingerprint density at radius 2 is 1.97 bits per heavy atom. The van der Waals surface area contributed by atoms with Crippen LogP contribution in [0.25, 0.3) is 11.3 Å². The number of rotatable bonds is 4. The molecule has 2 aromatic rings. The minimum Gasteiger partial charge on any atom is -0.496 e. The number of nitrogens with zero attached hydrogens (tertiary/aromatic N) is 3. The van der Waals surface area contributed by atoms with E-state index in [0.29, 0.717) is 35.5 Å². The van der Waals surface area contributed by atoms with E-state index in [2.05, 4.69) is 10.2 Å². The number of alkyl halides is 3. The first-order valence-corrected chi connectivity index (χ1v) is 10.3. The molecule has 3 heterocycles. The number of carbonyl (C=O) groups is 1. The van der Waals surface area contributed by atoms with Crippen LogP contribution in [0.5, 0.6) is 5.75 Å². The number of carbonyl (C=O) groups excluding carboxylic acids is 1. The number of aliphatic hydroxyl groups is 1. The van der Waals surface area contributed by atoms with E-state index in [-0.39, 0.29) is 23.6 Å². The molecule has 166 valence electrons. The summed E-state index contributed by atoms with van der Waals surface area (Å²) >= 11 is 0. The van der Waals surface area contributed by atoms with Gasteiger partial charge in [-0.2, -0.15) is 18.3 Å². The maximum Gasteiger partial charge on any atom is 0.416 e. The molecule has 2 aliphatic rings. The number of fused-ring (bicyclic) bond motifs is 1. The molecular formula is C22H24F3N3O3. The summed E-state index contributed by atoms with van der Waals surface area (Å²) in [5.41, 5.74) is 1.03. The Balaban J connectivity index is 1.58. The van der Waals surface area contributed by atoms with Gasteiger partial charge in [-0.25, -0.2) is 0 Å². The van der Waals surface area contributed by atoms with Crippen molar-refractivity contribution in [1.29, 1.82) is 0 Å². The molecule has 2 aliphatic heterocycles. The lowest BCUT2D eigenvalue weighted by Gasteiger charge is -2.37. The minimum absolute atomic E-state index is 0.0476. The van der Waals surface area contributed by atoms with Crippen LogP contribution in [0.2, 0.25) is 0 Å². The summed E-state index contributed by atoms with van der Waals surface area (Å²) in [6, 6.07) is 5.20. The van der Waals surface area contributed by atoms with Crippen LogP contribution in [-0.2, 0) is 11.0 Å². The highest BCUT2D eigenvalue weighted by Gasteiger charge is 2.39. The van der Waals surface area contributed by atoms with Crippen molar-refractivity contribution in [3.8, 4) is 17.0 Å². The third-order valence-electron chi connectivity index (χ3n) is 6.29. The first-order valence-electron chi connectivity index (χ1n) is 10.3. The Hall–Kier alpha value is -2.68. The molecule has 2 saturated heterocycles. The topological polar surface area (TPSA) is 75.5 Å². The average molecular weight is 435 g/mol. The summed E-state index contributed by atoms with van der Waals surface area (Å²) in [6.45, 7) is 2.26. The van der Waals surface area contributed by atoms with Crippen LogP contribution in [0.3, 0.4) is 0 Å². The van der Waals surface area contributed by atoms with E-state index in [1.807, 2.05) is 4.90 Å². The van der Waals surface area contributed by atoms with E-state index >= 15 is 0 Å². The second-order valence-corrected chi connectivity index (χ2v) is 8.23. The van der Waals surface area contributed by atoms with Gasteiger partial charge in [0.2, 0.25) is 5.91 Å². The van der Waals surface area contributed by atoms with Gasteiger partial charge in [-0.1, -0.05) is 0 Å². The van der Waals surface area contributed by atoms with E-state index in [1.165, 1.54) is 13.2 Å². The quantitative estimate of drug-likeness (QED) is 0.788. The summed E-state index contributed by atoms with van der Waals surface area (Å²) < 4.78 is 44.2. The number of halogens is 3. The summed E-state index contributed by atoms with van der Waals surface area (Å²) in [6.07, 6.45) is -2.24. The maximum atomic E-state index is 13.0. The minimum atomic E-state index is -4.48. The highest BCUT2D eigenvalue weighted by atomic mass is 19.4. The molecule has 9 heteroatoms. The van der Waals surface area contributed by atoms with Crippen LogP contribution in [0.15, 0.2) is 24.3 Å². The Labute approximate surface area is 178 Å². The normalized spacial score (nSPS) is 22.4. The van der Waals surface area contributed by atoms with Crippen LogP contribution in [0, 0.1) is 12.8 Å². The number of methoxy groups -OCH3 is 1. The molecule has 4 rings (SSSR count). The molecule has 1 unspecified atom stereocenters. The number of benzene rings is 1. The molecule has 0 saturated carbocycles. The van der Waals surface area contributed by atoms with Gasteiger partial charge in [-0.3, -0.25) is 4.79 Å². The number of hydrogen-bond donors (Lipinski definition) is 1. The Bertz CT molecular complexity index is 996. The van der Waals surface area contributed by atoms with Gasteiger partial charge in [-0.05, 0) is 56.0 Å². The zero-order chi connectivity index (χ0) is 22.3. The third-order valence-corrected chi connectivity index (χ3v) is 6.29. The Morgan fingerprint density at radius 3 is 2.65 bits per heavy atom. The molecule has 0 aliphatic carbocycles. The number of aliphatic hydroxyl groups excluding tert-OH is 1. The predicted octanol–water partition coefficient (Wildman–Crippen LogP) is 3.91. The van der Waals surface area contributed by atoms with E-state index in [0.717, 1.165) is 31.4 Å². The summed E-state index contributed by atoms with van der Waals surface area (Å²) in [5, 5.41) is 19.2. The average Bonchev–Trinajstić information content (AvgIpc) is 3.12. The lowest BCUT2D eigenvalue weighted by atomic mass is 9.87. The fourth-order valence-corrected chi connectivity index (χ4v) is 4.57. The first kappa shape index (κ1) is 21.5. The van der Waals surface area contributed by atoms with Crippen LogP contribution in [0.4, 0.5) is 13.2 Å². The van der Waals surface area contributed by atoms with Crippen molar-refractivity contribution in [2.75, 3.05) is 13.7 Å². The van der Waals surface area contributed by atoms with Gasteiger partial charge in [0.1, 0.15) is 11.9 Å². The SMILES string of the molecule is COc1cc(C(F)(F)F)ccc1-c1nnc([C@@H](O)C2CC[C@H]3CCC(=O)N3C2)cc1C. The number of amides is 1. The lowest BCUT2D eigenvalue weighted by molar-refractivity contribution is -0.137. The van der Waals surface area contributed by atoms with Gasteiger partial charge in [-0.15, -0.1) is 5.10 Å². The van der Waals surface area contributed by atoms with Gasteiger partial charge in [0.15, 0.2) is 0 Å². The lowest BCUT2D eigenvalue weighted by Crippen LogP contribution is -2.43. The molecule has 0 spiro atoms. The number of aromatic nitrogens is 2. The van der Waals surface area contributed by atoms with Gasteiger partial charge in [0.05, 0.1) is 24.1 Å². The zero-order valence-corrected chi connectivity index (χ0v) is 17.3. The van der Waals surface area contributed by atoms with Crippen LogP contribution in [0.1, 0.15) is 48.6 Å². The first-order chi connectivity index (χ1) is 14.7. The summed E-state index contributed by atoms with van der Waals surface area (Å²) in [4.78, 5) is 13.9. The van der Waals surface area contributed by atoms with Crippen molar-refractivity contribution >= 4 is 5.91 Å². The number of aryl methyl sites for hydroxylation is 1. The molecular weight excluding hydrogens is 411 g/mol. The molecule has 1 amide bonds. The standard InChI is InChI=1S/C22H24F3N3O3/c1-12-9-17(21(30)13-3-5-15-6-8-19(29)28(15)11-13)26-27-20(12)16-7-4-14(22(23,24)25)10-18(16)31-2/h4,7,9-10,13,15,21,30H,3,5-6,8,11H2,1-2H3/t13?,15-,21-/m0/s1. The van der Waals surface area contributed by atoms with Crippen LogP contribution >= 0.6 is 0 Å². The molecule has 6 nitrogen and oxygen atoms in total. The van der Waals surface area contributed by atoms with Gasteiger partial charge in [0, 0.05) is 30.5 Å². The molecule has 3 atom stereocenters. The Kier molecular flexibility index (Phi) is 5.63. The smallest absolute Gasteiger partial charge is 0.416 e. The van der Waals surface area contributed by atoms with E-state index in [9.17, 15) is 23.1 Å². The van der Waals surface area contributed by atoms with Crippen molar-refractivity contribution in [3.63, 3.8) is 0 Å². The summed E-state index contributed by atoms with van der Waals surface area (Å²) in [5.74, 6) is 0.0544. The van der Waals surface area contributed by atoms with Crippen molar-refractivity contribution in [1.82, 2.24) is 15.1 Å². The fourth-order valence-electron chi connectivity index (χ4n) is 4.57. The van der Waals surface area contributed by atoms with Gasteiger partial charge in [0.25, 0.3) is 0 Å². The van der Waals surface area contributed by atoms with Crippen molar-refractivity contribution < 1.29 is 27.8 Å². The predicted molar refractivity (Wildman–Crippen MR) is 106 cm³/mol. The van der Waals surface area contributed by atoms with Gasteiger partial charge < -0.3 is 14.7 Å². The highest BCUT2D eigenvalue weighted by molar-refractivity contribution is 5.79.